The van der Waals surface area contributed by atoms with Crippen molar-refractivity contribution in [3.05, 3.63) is 71.2 Å². The number of aryl methyl sites for hydroxylation is 1. The quantitative estimate of drug-likeness (QED) is 0.424. The molecule has 178 valence electrons. The molecule has 8 nitrogen and oxygen atoms in total. The maximum absolute atomic E-state index is 15.1. The number of hydrogen-bond donors (Lipinski definition) is 3. The molecule has 4 N–H and O–H groups in total. The van der Waals surface area contributed by atoms with Gasteiger partial charge in [0.25, 0.3) is 0 Å². The Balaban J connectivity index is 1.45. The monoisotopic (exact) mass is 470 g/mol. The van der Waals surface area contributed by atoms with E-state index in [-0.39, 0.29) is 11.3 Å². The molecular weight excluding hydrogens is 443 g/mol. The molecule has 1 saturated heterocycles. The number of halogens is 1. The molecule has 1 aliphatic carbocycles. The van der Waals surface area contributed by atoms with Crippen LogP contribution in [0.3, 0.4) is 0 Å². The first kappa shape index (κ1) is 21.5. The highest BCUT2D eigenvalue weighted by Gasteiger charge is 2.25. The Morgan fingerprint density at radius 3 is 2.74 bits per heavy atom. The van der Waals surface area contributed by atoms with E-state index in [1.807, 2.05) is 25.1 Å². The molecule has 0 spiro atoms. The molecule has 0 radical (unpaired) electrons. The lowest BCUT2D eigenvalue weighted by molar-refractivity contribution is 0.207. The zero-order valence-electron chi connectivity index (χ0n) is 19.8. The van der Waals surface area contributed by atoms with Crippen LogP contribution >= 0.6 is 0 Å². The number of rotatable bonds is 3. The lowest BCUT2D eigenvalue weighted by Gasteiger charge is -2.35. The van der Waals surface area contributed by atoms with Crippen molar-refractivity contribution >= 4 is 16.6 Å². The molecular formula is C26H27FN8. The summed E-state index contributed by atoms with van der Waals surface area (Å²) in [4.78, 5) is 17.3. The first-order valence-corrected chi connectivity index (χ1v) is 11.8. The van der Waals surface area contributed by atoms with Gasteiger partial charge in [0, 0.05) is 61.6 Å². The van der Waals surface area contributed by atoms with E-state index in [0.717, 1.165) is 65.7 Å². The number of pyridine rings is 1. The van der Waals surface area contributed by atoms with E-state index in [9.17, 15) is 0 Å². The van der Waals surface area contributed by atoms with Crippen LogP contribution in [-0.2, 0) is 6.42 Å². The Kier molecular flexibility index (Phi) is 5.14. The van der Waals surface area contributed by atoms with Crippen molar-refractivity contribution in [3.8, 4) is 22.6 Å². The molecule has 9 heteroatoms. The third-order valence-electron chi connectivity index (χ3n) is 6.90. The number of aromatic amines is 2. The summed E-state index contributed by atoms with van der Waals surface area (Å²) in [6, 6.07) is 5.37. The van der Waals surface area contributed by atoms with E-state index in [2.05, 4.69) is 43.1 Å². The minimum atomic E-state index is -0.387. The fraction of sp³-hybridized carbons (Fsp3) is 0.269. The smallest absolute Gasteiger partial charge is 0.157 e. The number of nitrogens with one attached hydrogen (secondary N) is 2. The topological polar surface area (TPSA) is 103 Å². The molecule has 0 atom stereocenters. The second-order valence-corrected chi connectivity index (χ2v) is 9.32. The molecule has 1 aromatic carbocycles. The number of likely N-dealkylation sites (N-methyl/N-ethyl adjacent to an activating group) is 1. The summed E-state index contributed by atoms with van der Waals surface area (Å²) in [6.07, 6.45) is 8.08. The SMILES string of the molecule is Cc1ccncc1-c1cc(F)c2n[nH]c(-c3nc4c([nH]3)CC(N)=CC=C4N3CCN(C)CC3)c2c1. The molecule has 4 aromatic rings. The molecule has 0 saturated carbocycles. The Morgan fingerprint density at radius 1 is 1.11 bits per heavy atom. The number of fused-ring (bicyclic) bond motifs is 2. The van der Waals surface area contributed by atoms with Gasteiger partial charge in [-0.15, -0.1) is 0 Å². The summed E-state index contributed by atoms with van der Waals surface area (Å²) in [5.41, 5.74) is 13.5. The van der Waals surface area contributed by atoms with E-state index >= 15 is 4.39 Å². The summed E-state index contributed by atoms with van der Waals surface area (Å²) in [6.45, 7) is 5.81. The van der Waals surface area contributed by atoms with Crippen LogP contribution < -0.4 is 5.73 Å². The van der Waals surface area contributed by atoms with Crippen LogP contribution in [0.5, 0.6) is 0 Å². The van der Waals surface area contributed by atoms with Crippen LogP contribution in [-0.4, -0.2) is 68.2 Å². The van der Waals surface area contributed by atoms with E-state index in [1.54, 1.807) is 12.4 Å². The van der Waals surface area contributed by atoms with Gasteiger partial charge in [-0.3, -0.25) is 10.1 Å². The lowest BCUT2D eigenvalue weighted by atomic mass is 10.0. The first-order valence-electron chi connectivity index (χ1n) is 11.8. The highest BCUT2D eigenvalue weighted by atomic mass is 19.1. The number of allylic oxidation sites excluding steroid dienone is 3. The van der Waals surface area contributed by atoms with Crippen LogP contribution in [0, 0.1) is 12.7 Å². The number of hydrogen-bond acceptors (Lipinski definition) is 6. The van der Waals surface area contributed by atoms with Crippen molar-refractivity contribution in [2.24, 2.45) is 5.73 Å². The zero-order valence-corrected chi connectivity index (χ0v) is 19.8. The van der Waals surface area contributed by atoms with Crippen LogP contribution in [0.25, 0.3) is 39.2 Å². The van der Waals surface area contributed by atoms with E-state index < -0.39 is 0 Å². The summed E-state index contributed by atoms with van der Waals surface area (Å²) < 4.78 is 15.1. The molecule has 1 aliphatic heterocycles. The van der Waals surface area contributed by atoms with Crippen LogP contribution in [0.4, 0.5) is 4.39 Å². The summed E-state index contributed by atoms with van der Waals surface area (Å²) >= 11 is 0. The van der Waals surface area contributed by atoms with E-state index in [1.165, 1.54) is 6.07 Å². The van der Waals surface area contributed by atoms with Crippen molar-refractivity contribution < 1.29 is 4.39 Å². The van der Waals surface area contributed by atoms with Gasteiger partial charge in [0.15, 0.2) is 11.6 Å². The van der Waals surface area contributed by atoms with E-state index in [0.29, 0.717) is 23.3 Å². The summed E-state index contributed by atoms with van der Waals surface area (Å²) in [5, 5.41) is 7.95. The number of imidazole rings is 1. The van der Waals surface area contributed by atoms with Crippen LogP contribution in [0.15, 0.2) is 48.4 Å². The van der Waals surface area contributed by atoms with Gasteiger partial charge in [0.05, 0.1) is 11.4 Å². The molecule has 2 aliphatic rings. The fourth-order valence-corrected chi connectivity index (χ4v) is 4.88. The number of piperazine rings is 1. The zero-order chi connectivity index (χ0) is 24.1. The predicted octanol–water partition coefficient (Wildman–Crippen LogP) is 3.45. The fourth-order valence-electron chi connectivity index (χ4n) is 4.88. The third-order valence-corrected chi connectivity index (χ3v) is 6.90. The van der Waals surface area contributed by atoms with Crippen molar-refractivity contribution in [1.82, 2.24) is 34.9 Å². The minimum Gasteiger partial charge on any atom is -0.402 e. The van der Waals surface area contributed by atoms with Gasteiger partial charge in [0.1, 0.15) is 16.9 Å². The molecule has 6 rings (SSSR count). The molecule has 4 heterocycles. The number of H-pyrrole nitrogens is 2. The van der Waals surface area contributed by atoms with Gasteiger partial charge in [-0.1, -0.05) is 0 Å². The normalized spacial score (nSPS) is 16.7. The Bertz CT molecular complexity index is 1490. The molecule has 0 amide bonds. The van der Waals surface area contributed by atoms with E-state index in [4.69, 9.17) is 10.7 Å². The van der Waals surface area contributed by atoms with Crippen molar-refractivity contribution in [1.29, 1.82) is 0 Å². The van der Waals surface area contributed by atoms with Gasteiger partial charge >= 0.3 is 0 Å². The number of aromatic nitrogens is 5. The van der Waals surface area contributed by atoms with Crippen LogP contribution in [0.1, 0.15) is 17.0 Å². The standard InChI is InChI=1S/C26H27FN8/c1-15-5-6-29-14-19(15)16-11-18-23(20(27)12-16)32-33-24(18)26-30-21-13-17(28)3-4-22(25(21)31-26)35-9-7-34(2)8-10-35/h3-6,11-12,14H,7-10,13,28H2,1-2H3,(H,30,31)(H,32,33). The van der Waals surface area contributed by atoms with Gasteiger partial charge in [-0.2, -0.15) is 5.10 Å². The lowest BCUT2D eigenvalue weighted by Crippen LogP contribution is -2.43. The second kappa shape index (κ2) is 8.35. The predicted molar refractivity (Wildman–Crippen MR) is 135 cm³/mol. The largest absolute Gasteiger partial charge is 0.402 e. The van der Waals surface area contributed by atoms with Crippen molar-refractivity contribution in [2.45, 2.75) is 13.3 Å². The maximum Gasteiger partial charge on any atom is 0.157 e. The second-order valence-electron chi connectivity index (χ2n) is 9.32. The van der Waals surface area contributed by atoms with Crippen molar-refractivity contribution in [3.63, 3.8) is 0 Å². The average molecular weight is 471 g/mol. The average Bonchev–Trinajstić information content (AvgIpc) is 3.41. The summed E-state index contributed by atoms with van der Waals surface area (Å²) in [7, 11) is 2.14. The molecule has 3 aromatic heterocycles. The minimum absolute atomic E-state index is 0.283. The number of nitrogens with zero attached hydrogens (tertiary/aromatic N) is 5. The molecule has 35 heavy (non-hydrogen) atoms. The Morgan fingerprint density at radius 2 is 1.94 bits per heavy atom. The maximum atomic E-state index is 15.1. The number of nitrogens with two attached hydrogens (primary N) is 1. The Hall–Kier alpha value is -3.98. The number of benzene rings is 1. The highest BCUT2D eigenvalue weighted by molar-refractivity contribution is 5.95. The third kappa shape index (κ3) is 3.77. The van der Waals surface area contributed by atoms with Gasteiger partial charge in [0.2, 0.25) is 0 Å². The van der Waals surface area contributed by atoms with Gasteiger partial charge < -0.3 is 20.5 Å². The molecule has 1 fully saturated rings. The summed E-state index contributed by atoms with van der Waals surface area (Å²) in [5.74, 6) is 0.230. The molecule has 0 bridgehead atoms. The van der Waals surface area contributed by atoms with Gasteiger partial charge in [-0.05, 0) is 55.4 Å². The Labute approximate surface area is 202 Å². The van der Waals surface area contributed by atoms with Crippen molar-refractivity contribution in [2.75, 3.05) is 33.2 Å². The van der Waals surface area contributed by atoms with Gasteiger partial charge in [-0.25, -0.2) is 9.37 Å². The highest BCUT2D eigenvalue weighted by Crippen LogP contribution is 2.34. The first-order chi connectivity index (χ1) is 17.0. The molecule has 0 unspecified atom stereocenters. The van der Waals surface area contributed by atoms with Crippen LogP contribution in [0.2, 0.25) is 0 Å².